The van der Waals surface area contributed by atoms with Crippen molar-refractivity contribution in [3.05, 3.63) is 64.7 Å². The van der Waals surface area contributed by atoms with Crippen LogP contribution in [0.2, 0.25) is 5.02 Å². The van der Waals surface area contributed by atoms with Gasteiger partial charge in [-0.15, -0.1) is 11.8 Å². The van der Waals surface area contributed by atoms with Crippen molar-refractivity contribution in [3.63, 3.8) is 0 Å². The van der Waals surface area contributed by atoms with E-state index in [1.165, 1.54) is 11.8 Å². The second-order valence-corrected chi connectivity index (χ2v) is 6.84. The number of carbonyl (C=O) groups excluding carboxylic acids is 1. The number of nitrogens with one attached hydrogen (secondary N) is 1. The van der Waals surface area contributed by atoms with Crippen LogP contribution in [0.5, 0.6) is 0 Å². The Hall–Kier alpha value is -1.70. The lowest BCUT2D eigenvalue weighted by Crippen LogP contribution is -2.24. The summed E-state index contributed by atoms with van der Waals surface area (Å²) in [5.41, 5.74) is 1.49. The summed E-state index contributed by atoms with van der Waals surface area (Å²) in [5.74, 6) is 0.111. The van der Waals surface area contributed by atoms with Gasteiger partial charge in [0.15, 0.2) is 0 Å². The molecule has 2 rings (SSSR count). The molecule has 8 heteroatoms. The fourth-order valence-electron chi connectivity index (χ4n) is 1.99. The quantitative estimate of drug-likeness (QED) is 0.642. The van der Waals surface area contributed by atoms with Crippen molar-refractivity contribution < 1.29 is 22.7 Å². The Bertz CT molecular complexity index is 723. The van der Waals surface area contributed by atoms with Crippen LogP contribution in [0, 0.1) is 0 Å². The molecular formula is C18H17ClF3NO2S. The number of halogens is 4. The van der Waals surface area contributed by atoms with E-state index in [1.807, 2.05) is 18.2 Å². The van der Waals surface area contributed by atoms with Crippen LogP contribution >= 0.6 is 23.4 Å². The lowest BCUT2D eigenvalue weighted by Gasteiger charge is -2.09. The SMILES string of the molecule is O=C(CSc1ccccc1Cl)NCc1ccc(COCC(F)(F)F)cc1. The van der Waals surface area contributed by atoms with Gasteiger partial charge in [-0.2, -0.15) is 13.2 Å². The average Bonchev–Trinajstić information content (AvgIpc) is 2.59. The monoisotopic (exact) mass is 403 g/mol. The first-order chi connectivity index (χ1) is 12.3. The fourth-order valence-corrected chi connectivity index (χ4v) is 3.06. The standard InChI is InChI=1S/C18H17ClF3NO2S/c19-15-3-1-2-4-16(15)26-11-17(24)23-9-13-5-7-14(8-6-13)10-25-12-18(20,21)22/h1-8H,9-12H2,(H,23,24). The van der Waals surface area contributed by atoms with Gasteiger partial charge in [0, 0.05) is 11.4 Å². The van der Waals surface area contributed by atoms with Crippen molar-refractivity contribution >= 4 is 29.3 Å². The third kappa shape index (κ3) is 7.68. The van der Waals surface area contributed by atoms with E-state index in [0.717, 1.165) is 10.5 Å². The molecule has 0 heterocycles. The Kier molecular flexibility index (Phi) is 7.81. The number of ether oxygens (including phenoxy) is 1. The van der Waals surface area contributed by atoms with Crippen molar-refractivity contribution in [2.45, 2.75) is 24.2 Å². The molecule has 0 atom stereocenters. The fraction of sp³-hybridized carbons (Fsp3) is 0.278. The number of amides is 1. The molecule has 0 aliphatic carbocycles. The highest BCUT2D eigenvalue weighted by Crippen LogP contribution is 2.26. The van der Waals surface area contributed by atoms with Crippen LogP contribution in [0.1, 0.15) is 11.1 Å². The minimum atomic E-state index is -4.33. The van der Waals surface area contributed by atoms with Crippen molar-refractivity contribution in [1.82, 2.24) is 5.32 Å². The first kappa shape index (κ1) is 20.6. The number of hydrogen-bond donors (Lipinski definition) is 1. The third-order valence-corrected chi connectivity index (χ3v) is 4.76. The van der Waals surface area contributed by atoms with E-state index in [-0.39, 0.29) is 18.3 Å². The summed E-state index contributed by atoms with van der Waals surface area (Å²) in [7, 11) is 0. The van der Waals surface area contributed by atoms with Gasteiger partial charge in [-0.25, -0.2) is 0 Å². The molecule has 2 aromatic rings. The zero-order valence-electron chi connectivity index (χ0n) is 13.7. The number of hydrogen-bond acceptors (Lipinski definition) is 3. The summed E-state index contributed by atoms with van der Waals surface area (Å²) in [6.07, 6.45) is -4.33. The van der Waals surface area contributed by atoms with E-state index in [0.29, 0.717) is 17.1 Å². The largest absolute Gasteiger partial charge is 0.411 e. The van der Waals surface area contributed by atoms with Crippen LogP contribution in [0.4, 0.5) is 13.2 Å². The van der Waals surface area contributed by atoms with Gasteiger partial charge in [0.25, 0.3) is 0 Å². The first-order valence-corrected chi connectivity index (χ1v) is 9.06. The highest BCUT2D eigenvalue weighted by molar-refractivity contribution is 8.00. The third-order valence-electron chi connectivity index (χ3n) is 3.24. The van der Waals surface area contributed by atoms with Gasteiger partial charge in [0.2, 0.25) is 5.91 Å². The molecule has 0 radical (unpaired) electrons. The minimum Gasteiger partial charge on any atom is -0.367 e. The summed E-state index contributed by atoms with van der Waals surface area (Å²) in [4.78, 5) is 12.7. The topological polar surface area (TPSA) is 38.3 Å². The van der Waals surface area contributed by atoms with Gasteiger partial charge in [-0.3, -0.25) is 4.79 Å². The van der Waals surface area contributed by atoms with Gasteiger partial charge in [-0.1, -0.05) is 48.0 Å². The highest BCUT2D eigenvalue weighted by Gasteiger charge is 2.27. The molecule has 1 amide bonds. The smallest absolute Gasteiger partial charge is 0.367 e. The molecule has 0 aliphatic rings. The van der Waals surface area contributed by atoms with Gasteiger partial charge in [-0.05, 0) is 23.3 Å². The Morgan fingerprint density at radius 3 is 2.38 bits per heavy atom. The summed E-state index contributed by atoms with van der Waals surface area (Å²) in [5, 5.41) is 3.39. The molecular weight excluding hydrogens is 387 g/mol. The molecule has 0 saturated heterocycles. The van der Waals surface area contributed by atoms with Gasteiger partial charge < -0.3 is 10.1 Å². The Balaban J connectivity index is 1.72. The molecule has 3 nitrogen and oxygen atoms in total. The average molecular weight is 404 g/mol. The van der Waals surface area contributed by atoms with Crippen LogP contribution in [0.15, 0.2) is 53.4 Å². The van der Waals surface area contributed by atoms with Crippen LogP contribution in [-0.2, 0) is 22.7 Å². The molecule has 26 heavy (non-hydrogen) atoms. The van der Waals surface area contributed by atoms with Crippen molar-refractivity contribution in [1.29, 1.82) is 0 Å². The summed E-state index contributed by atoms with van der Waals surface area (Å²) < 4.78 is 40.7. The van der Waals surface area contributed by atoms with E-state index in [2.05, 4.69) is 10.1 Å². The molecule has 1 N–H and O–H groups in total. The van der Waals surface area contributed by atoms with Crippen LogP contribution < -0.4 is 5.32 Å². The highest BCUT2D eigenvalue weighted by atomic mass is 35.5. The number of carbonyl (C=O) groups is 1. The maximum Gasteiger partial charge on any atom is 0.411 e. The van der Waals surface area contributed by atoms with E-state index in [9.17, 15) is 18.0 Å². The zero-order chi connectivity index (χ0) is 19.0. The van der Waals surface area contributed by atoms with Crippen molar-refractivity contribution in [2.24, 2.45) is 0 Å². The first-order valence-electron chi connectivity index (χ1n) is 7.70. The predicted octanol–water partition coefficient (Wildman–Crippen LogP) is 4.83. The Morgan fingerprint density at radius 2 is 1.73 bits per heavy atom. The second-order valence-electron chi connectivity index (χ2n) is 5.42. The van der Waals surface area contributed by atoms with Crippen LogP contribution in [-0.4, -0.2) is 24.4 Å². The Morgan fingerprint density at radius 1 is 1.08 bits per heavy atom. The van der Waals surface area contributed by atoms with E-state index < -0.39 is 12.8 Å². The summed E-state index contributed by atoms with van der Waals surface area (Å²) in [6, 6.07) is 14.1. The molecule has 0 saturated carbocycles. The lowest BCUT2D eigenvalue weighted by molar-refractivity contribution is -0.176. The normalized spacial score (nSPS) is 11.4. The number of alkyl halides is 3. The molecule has 0 aromatic heterocycles. The van der Waals surface area contributed by atoms with Crippen LogP contribution in [0.25, 0.3) is 0 Å². The molecule has 0 spiro atoms. The maximum absolute atomic E-state index is 12.0. The number of thioether (sulfide) groups is 1. The van der Waals surface area contributed by atoms with Crippen molar-refractivity contribution in [2.75, 3.05) is 12.4 Å². The van der Waals surface area contributed by atoms with Gasteiger partial charge in [0.1, 0.15) is 6.61 Å². The minimum absolute atomic E-state index is 0.110. The molecule has 0 unspecified atom stereocenters. The number of rotatable bonds is 8. The molecule has 0 aliphatic heterocycles. The predicted molar refractivity (Wildman–Crippen MR) is 96.2 cm³/mol. The van der Waals surface area contributed by atoms with Gasteiger partial charge in [0.05, 0.1) is 17.4 Å². The zero-order valence-corrected chi connectivity index (χ0v) is 15.3. The van der Waals surface area contributed by atoms with E-state index in [4.69, 9.17) is 11.6 Å². The summed E-state index contributed by atoms with van der Waals surface area (Å²) in [6.45, 7) is -1.04. The molecule has 0 bridgehead atoms. The Labute approximate surface area is 158 Å². The molecule has 2 aromatic carbocycles. The second kappa shape index (κ2) is 9.85. The molecule has 140 valence electrons. The molecule has 0 fully saturated rings. The van der Waals surface area contributed by atoms with E-state index >= 15 is 0 Å². The maximum atomic E-state index is 12.0. The van der Waals surface area contributed by atoms with Crippen molar-refractivity contribution in [3.8, 4) is 0 Å². The van der Waals surface area contributed by atoms with Crippen LogP contribution in [0.3, 0.4) is 0 Å². The summed E-state index contributed by atoms with van der Waals surface area (Å²) >= 11 is 7.38. The lowest BCUT2D eigenvalue weighted by atomic mass is 10.1. The number of benzene rings is 2. The van der Waals surface area contributed by atoms with E-state index in [1.54, 1.807) is 30.3 Å². The van der Waals surface area contributed by atoms with Gasteiger partial charge >= 0.3 is 6.18 Å².